The Kier molecular flexibility index (Phi) is 3.96. The Hall–Kier alpha value is -1.14. The molecule has 1 aliphatic heterocycles. The van der Waals surface area contributed by atoms with Gasteiger partial charge in [-0.25, -0.2) is 0 Å². The molecule has 5 nitrogen and oxygen atoms in total. The van der Waals surface area contributed by atoms with Crippen LogP contribution in [0.3, 0.4) is 0 Å². The molecule has 1 aromatic carbocycles. The van der Waals surface area contributed by atoms with Crippen LogP contribution in [0.1, 0.15) is 12.8 Å². The van der Waals surface area contributed by atoms with E-state index in [0.717, 1.165) is 30.4 Å². The van der Waals surface area contributed by atoms with Gasteiger partial charge in [-0.05, 0) is 31.5 Å². The summed E-state index contributed by atoms with van der Waals surface area (Å²) >= 11 is 3.25. The van der Waals surface area contributed by atoms with Crippen LogP contribution in [0.5, 0.6) is 0 Å². The van der Waals surface area contributed by atoms with Crippen LogP contribution >= 0.6 is 15.9 Å². The molecule has 6 heteroatoms. The third kappa shape index (κ3) is 3.17. The lowest BCUT2D eigenvalue weighted by Crippen LogP contribution is -2.38. The Labute approximate surface area is 108 Å². The predicted octanol–water partition coefficient (Wildman–Crippen LogP) is 2.52. The molecule has 1 aromatic rings. The maximum absolute atomic E-state index is 10.9. The second-order valence-electron chi connectivity index (χ2n) is 4.11. The molecular formula is C11H14BrN3O2. The average Bonchev–Trinajstić information content (AvgIpc) is 2.32. The maximum atomic E-state index is 10.9. The first-order chi connectivity index (χ1) is 8.16. The fraction of sp³-hybridized carbons (Fsp3) is 0.455. The van der Waals surface area contributed by atoms with Gasteiger partial charge in [-0.3, -0.25) is 10.1 Å². The molecule has 2 rings (SSSR count). The summed E-state index contributed by atoms with van der Waals surface area (Å²) in [6, 6.07) is 5.35. The number of benzene rings is 1. The highest BCUT2D eigenvalue weighted by Gasteiger charge is 2.18. The van der Waals surface area contributed by atoms with Crippen molar-refractivity contribution in [2.45, 2.75) is 18.9 Å². The quantitative estimate of drug-likeness (QED) is 0.665. The molecule has 0 saturated carbocycles. The van der Waals surface area contributed by atoms with Crippen LogP contribution in [-0.2, 0) is 0 Å². The Balaban J connectivity index is 2.16. The summed E-state index contributed by atoms with van der Waals surface area (Å²) in [7, 11) is 0. The fourth-order valence-corrected chi connectivity index (χ4v) is 2.32. The van der Waals surface area contributed by atoms with Crippen LogP contribution in [0.2, 0.25) is 0 Å². The molecule has 1 unspecified atom stereocenters. The smallest absolute Gasteiger partial charge is 0.293 e. The Morgan fingerprint density at radius 1 is 1.53 bits per heavy atom. The number of nitrogens with zero attached hydrogens (tertiary/aromatic N) is 1. The number of rotatable bonds is 3. The Morgan fingerprint density at radius 2 is 2.35 bits per heavy atom. The fourth-order valence-electron chi connectivity index (χ4n) is 1.97. The van der Waals surface area contributed by atoms with Crippen LogP contribution in [0.4, 0.5) is 11.4 Å². The standard InChI is InChI=1S/C11H14BrN3O2/c12-8-3-4-10(11(6-8)15(16)17)14-9-2-1-5-13-7-9/h3-4,6,9,13-14H,1-2,5,7H2. The molecule has 0 aromatic heterocycles. The van der Waals surface area contributed by atoms with Gasteiger partial charge in [-0.1, -0.05) is 15.9 Å². The van der Waals surface area contributed by atoms with Crippen LogP contribution in [0, 0.1) is 10.1 Å². The van der Waals surface area contributed by atoms with Gasteiger partial charge in [-0.15, -0.1) is 0 Å². The van der Waals surface area contributed by atoms with E-state index in [4.69, 9.17) is 0 Å². The summed E-state index contributed by atoms with van der Waals surface area (Å²) in [5.74, 6) is 0. The molecule has 0 spiro atoms. The van der Waals surface area contributed by atoms with Crippen molar-refractivity contribution >= 4 is 27.3 Å². The molecule has 0 bridgehead atoms. The van der Waals surface area contributed by atoms with Crippen molar-refractivity contribution in [2.24, 2.45) is 0 Å². The number of nitro benzene ring substituents is 1. The van der Waals surface area contributed by atoms with E-state index in [1.54, 1.807) is 6.07 Å². The number of nitro groups is 1. The monoisotopic (exact) mass is 299 g/mol. The Morgan fingerprint density at radius 3 is 3.00 bits per heavy atom. The largest absolute Gasteiger partial charge is 0.375 e. The second-order valence-corrected chi connectivity index (χ2v) is 5.02. The molecule has 0 aliphatic carbocycles. The topological polar surface area (TPSA) is 67.2 Å². The van der Waals surface area contributed by atoms with E-state index in [1.165, 1.54) is 6.07 Å². The highest BCUT2D eigenvalue weighted by molar-refractivity contribution is 9.10. The minimum atomic E-state index is -0.358. The normalized spacial score (nSPS) is 19.9. The Bertz CT molecular complexity index is 419. The zero-order valence-electron chi connectivity index (χ0n) is 9.28. The molecule has 92 valence electrons. The van der Waals surface area contributed by atoms with Crippen molar-refractivity contribution in [3.05, 3.63) is 32.8 Å². The molecule has 1 atom stereocenters. The van der Waals surface area contributed by atoms with Gasteiger partial charge in [0.15, 0.2) is 0 Å². The summed E-state index contributed by atoms with van der Waals surface area (Å²) in [6.45, 7) is 1.88. The lowest BCUT2D eigenvalue weighted by atomic mass is 10.1. The lowest BCUT2D eigenvalue weighted by molar-refractivity contribution is -0.384. The number of nitrogens with one attached hydrogen (secondary N) is 2. The van der Waals surface area contributed by atoms with E-state index in [-0.39, 0.29) is 16.7 Å². The van der Waals surface area contributed by atoms with Gasteiger partial charge in [0.1, 0.15) is 5.69 Å². The lowest BCUT2D eigenvalue weighted by Gasteiger charge is -2.24. The van der Waals surface area contributed by atoms with Crippen LogP contribution < -0.4 is 10.6 Å². The number of piperidine rings is 1. The number of anilines is 1. The first kappa shape index (κ1) is 12.3. The summed E-state index contributed by atoms with van der Waals surface area (Å²) in [5, 5.41) is 17.5. The predicted molar refractivity (Wildman–Crippen MR) is 70.3 cm³/mol. The molecule has 1 saturated heterocycles. The van der Waals surface area contributed by atoms with E-state index >= 15 is 0 Å². The van der Waals surface area contributed by atoms with Gasteiger partial charge in [0.2, 0.25) is 0 Å². The SMILES string of the molecule is O=[N+]([O-])c1cc(Br)ccc1NC1CCCNC1. The van der Waals surface area contributed by atoms with Gasteiger partial charge in [0.05, 0.1) is 4.92 Å². The van der Waals surface area contributed by atoms with Gasteiger partial charge in [0, 0.05) is 23.1 Å². The van der Waals surface area contributed by atoms with Crippen LogP contribution in [0.15, 0.2) is 22.7 Å². The van der Waals surface area contributed by atoms with Crippen molar-refractivity contribution < 1.29 is 4.92 Å². The molecule has 0 radical (unpaired) electrons. The third-order valence-corrected chi connectivity index (χ3v) is 3.31. The van der Waals surface area contributed by atoms with Crippen molar-refractivity contribution in [2.75, 3.05) is 18.4 Å². The molecule has 1 heterocycles. The van der Waals surface area contributed by atoms with E-state index in [2.05, 4.69) is 26.6 Å². The van der Waals surface area contributed by atoms with Crippen molar-refractivity contribution in [1.29, 1.82) is 0 Å². The van der Waals surface area contributed by atoms with E-state index in [9.17, 15) is 10.1 Å². The maximum Gasteiger partial charge on any atom is 0.293 e. The minimum absolute atomic E-state index is 0.116. The second kappa shape index (κ2) is 5.46. The first-order valence-corrected chi connectivity index (χ1v) is 6.37. The zero-order valence-corrected chi connectivity index (χ0v) is 10.9. The van der Waals surface area contributed by atoms with E-state index < -0.39 is 0 Å². The molecule has 1 fully saturated rings. The summed E-state index contributed by atoms with van der Waals surface area (Å²) in [6.07, 6.45) is 2.14. The van der Waals surface area contributed by atoms with Gasteiger partial charge < -0.3 is 10.6 Å². The summed E-state index contributed by atoms with van der Waals surface area (Å²) in [4.78, 5) is 10.6. The van der Waals surface area contributed by atoms with Crippen molar-refractivity contribution in [1.82, 2.24) is 5.32 Å². The highest BCUT2D eigenvalue weighted by atomic mass is 79.9. The minimum Gasteiger partial charge on any atom is -0.375 e. The van der Waals surface area contributed by atoms with Gasteiger partial charge in [-0.2, -0.15) is 0 Å². The molecule has 0 amide bonds. The van der Waals surface area contributed by atoms with Gasteiger partial charge >= 0.3 is 0 Å². The third-order valence-electron chi connectivity index (χ3n) is 2.81. The number of hydrogen-bond acceptors (Lipinski definition) is 4. The first-order valence-electron chi connectivity index (χ1n) is 5.58. The number of halogens is 1. The molecule has 2 N–H and O–H groups in total. The summed E-state index contributed by atoms with van der Waals surface area (Å²) in [5.41, 5.74) is 0.705. The van der Waals surface area contributed by atoms with E-state index in [0.29, 0.717) is 5.69 Å². The highest BCUT2D eigenvalue weighted by Crippen LogP contribution is 2.29. The average molecular weight is 300 g/mol. The summed E-state index contributed by atoms with van der Waals surface area (Å²) < 4.78 is 0.719. The van der Waals surface area contributed by atoms with E-state index in [1.807, 2.05) is 6.07 Å². The molecule has 17 heavy (non-hydrogen) atoms. The number of hydrogen-bond donors (Lipinski definition) is 2. The van der Waals surface area contributed by atoms with Crippen LogP contribution in [-0.4, -0.2) is 24.1 Å². The van der Waals surface area contributed by atoms with Crippen LogP contribution in [0.25, 0.3) is 0 Å². The van der Waals surface area contributed by atoms with Crippen molar-refractivity contribution in [3.8, 4) is 0 Å². The van der Waals surface area contributed by atoms with Crippen molar-refractivity contribution in [3.63, 3.8) is 0 Å². The molecular weight excluding hydrogens is 286 g/mol. The molecule has 1 aliphatic rings. The van der Waals surface area contributed by atoms with Gasteiger partial charge in [0.25, 0.3) is 5.69 Å². The zero-order chi connectivity index (χ0) is 12.3.